The maximum absolute atomic E-state index is 12.9. The van der Waals surface area contributed by atoms with Crippen LogP contribution in [0.4, 0.5) is 10.1 Å². The molecule has 0 saturated heterocycles. The zero-order valence-corrected chi connectivity index (χ0v) is 10.7. The van der Waals surface area contributed by atoms with Gasteiger partial charge in [0, 0.05) is 11.3 Å². The lowest BCUT2D eigenvalue weighted by atomic mass is 10.2. The Kier molecular flexibility index (Phi) is 4.23. The fraction of sp³-hybridized carbons (Fsp3) is 0.200. The zero-order chi connectivity index (χ0) is 13.7. The summed E-state index contributed by atoms with van der Waals surface area (Å²) in [6.45, 7) is 2.75. The number of halogens is 1. The quantitative estimate of drug-likeness (QED) is 0.839. The second-order valence-electron chi connectivity index (χ2n) is 4.01. The fourth-order valence-corrected chi connectivity index (χ4v) is 1.70. The lowest BCUT2D eigenvalue weighted by molar-refractivity contribution is 0.269. The molecule has 2 N–H and O–H groups in total. The van der Waals surface area contributed by atoms with E-state index in [-0.39, 0.29) is 12.4 Å². The molecule has 0 aromatic heterocycles. The van der Waals surface area contributed by atoms with Crippen molar-refractivity contribution in [3.05, 3.63) is 53.8 Å². The lowest BCUT2D eigenvalue weighted by Gasteiger charge is -2.12. The summed E-state index contributed by atoms with van der Waals surface area (Å²) in [5.41, 5.74) is 6.86. The summed E-state index contributed by atoms with van der Waals surface area (Å²) >= 11 is 0. The van der Waals surface area contributed by atoms with Crippen molar-refractivity contribution in [2.24, 2.45) is 0 Å². The van der Waals surface area contributed by atoms with Gasteiger partial charge in [-0.2, -0.15) is 0 Å². The van der Waals surface area contributed by atoms with E-state index >= 15 is 0 Å². The average Bonchev–Trinajstić information content (AvgIpc) is 2.40. The number of ether oxygens (including phenoxy) is 2. The normalized spacial score (nSPS) is 10.2. The van der Waals surface area contributed by atoms with Crippen molar-refractivity contribution >= 4 is 5.69 Å². The molecule has 0 spiro atoms. The molecule has 0 aliphatic heterocycles. The van der Waals surface area contributed by atoms with Gasteiger partial charge < -0.3 is 15.2 Å². The molecular weight excluding hydrogens is 245 g/mol. The minimum atomic E-state index is -0.351. The highest BCUT2D eigenvalue weighted by atomic mass is 19.1. The first-order valence-corrected chi connectivity index (χ1v) is 6.09. The van der Waals surface area contributed by atoms with Crippen LogP contribution < -0.4 is 15.2 Å². The van der Waals surface area contributed by atoms with Crippen LogP contribution in [0.15, 0.2) is 42.5 Å². The molecule has 19 heavy (non-hydrogen) atoms. The van der Waals surface area contributed by atoms with Crippen LogP contribution in [0.5, 0.6) is 11.5 Å². The molecule has 0 unspecified atom stereocenters. The van der Waals surface area contributed by atoms with E-state index in [4.69, 9.17) is 15.2 Å². The molecule has 0 bridgehead atoms. The number of benzene rings is 2. The summed E-state index contributed by atoms with van der Waals surface area (Å²) in [7, 11) is 0. The first-order chi connectivity index (χ1) is 9.20. The molecule has 0 aliphatic rings. The van der Waals surface area contributed by atoms with Gasteiger partial charge in [-0.1, -0.05) is 18.2 Å². The van der Waals surface area contributed by atoms with Gasteiger partial charge in [0.05, 0.1) is 6.61 Å². The van der Waals surface area contributed by atoms with E-state index < -0.39 is 0 Å². The van der Waals surface area contributed by atoms with Crippen LogP contribution in [-0.2, 0) is 6.61 Å². The second-order valence-corrected chi connectivity index (χ2v) is 4.01. The van der Waals surface area contributed by atoms with Gasteiger partial charge in [-0.25, -0.2) is 4.39 Å². The number of hydrogen-bond donors (Lipinski definition) is 1. The van der Waals surface area contributed by atoms with Crippen molar-refractivity contribution in [2.45, 2.75) is 13.5 Å². The first kappa shape index (κ1) is 13.2. The summed E-state index contributed by atoms with van der Waals surface area (Å²) in [6.07, 6.45) is 0. The molecule has 2 aromatic rings. The van der Waals surface area contributed by atoms with Gasteiger partial charge in [0.2, 0.25) is 0 Å². The SMILES string of the molecule is CCOc1ccccc1OCc1ccc(F)cc1N. The second kappa shape index (κ2) is 6.09. The Hall–Kier alpha value is -2.23. The van der Waals surface area contributed by atoms with Crippen LogP contribution in [0.25, 0.3) is 0 Å². The van der Waals surface area contributed by atoms with Crippen molar-refractivity contribution in [2.75, 3.05) is 12.3 Å². The standard InChI is InChI=1S/C15H16FNO2/c1-2-18-14-5-3-4-6-15(14)19-10-11-7-8-12(16)9-13(11)17/h3-9H,2,10,17H2,1H3. The molecule has 0 fully saturated rings. The molecule has 0 atom stereocenters. The summed E-state index contributed by atoms with van der Waals surface area (Å²) < 4.78 is 24.1. The molecule has 2 rings (SSSR count). The van der Waals surface area contributed by atoms with E-state index in [0.717, 1.165) is 5.56 Å². The number of nitrogens with two attached hydrogens (primary N) is 1. The maximum Gasteiger partial charge on any atom is 0.161 e. The molecule has 0 saturated carbocycles. The summed E-state index contributed by atoms with van der Waals surface area (Å²) in [6, 6.07) is 11.7. The third-order valence-corrected chi connectivity index (χ3v) is 2.64. The Morgan fingerprint density at radius 2 is 1.74 bits per heavy atom. The molecule has 0 aliphatic carbocycles. The van der Waals surface area contributed by atoms with Crippen molar-refractivity contribution in [1.82, 2.24) is 0 Å². The van der Waals surface area contributed by atoms with Gasteiger partial charge in [0.25, 0.3) is 0 Å². The smallest absolute Gasteiger partial charge is 0.161 e. The molecule has 3 nitrogen and oxygen atoms in total. The van der Waals surface area contributed by atoms with Gasteiger partial charge in [-0.05, 0) is 31.2 Å². The van der Waals surface area contributed by atoms with Crippen LogP contribution in [0.3, 0.4) is 0 Å². The number of para-hydroxylation sites is 2. The Morgan fingerprint density at radius 3 is 2.37 bits per heavy atom. The molecule has 0 amide bonds. The van der Waals surface area contributed by atoms with E-state index in [1.165, 1.54) is 12.1 Å². The van der Waals surface area contributed by atoms with Crippen molar-refractivity contribution in [3.8, 4) is 11.5 Å². The van der Waals surface area contributed by atoms with Crippen LogP contribution >= 0.6 is 0 Å². The average molecular weight is 261 g/mol. The zero-order valence-electron chi connectivity index (χ0n) is 10.7. The summed E-state index contributed by atoms with van der Waals surface area (Å²) in [5.74, 6) is 0.981. The fourth-order valence-electron chi connectivity index (χ4n) is 1.70. The van der Waals surface area contributed by atoms with E-state index in [1.807, 2.05) is 31.2 Å². The molecule has 4 heteroatoms. The van der Waals surface area contributed by atoms with Gasteiger partial charge in [-0.3, -0.25) is 0 Å². The van der Waals surface area contributed by atoms with Gasteiger partial charge in [-0.15, -0.1) is 0 Å². The first-order valence-electron chi connectivity index (χ1n) is 6.09. The van der Waals surface area contributed by atoms with Crippen molar-refractivity contribution in [1.29, 1.82) is 0 Å². The number of rotatable bonds is 5. The Bertz CT molecular complexity index is 558. The van der Waals surface area contributed by atoms with E-state index in [0.29, 0.717) is 23.8 Å². The minimum Gasteiger partial charge on any atom is -0.490 e. The Balaban J connectivity index is 2.10. The minimum absolute atomic E-state index is 0.274. The van der Waals surface area contributed by atoms with Gasteiger partial charge in [0.1, 0.15) is 12.4 Å². The molecule has 2 aromatic carbocycles. The van der Waals surface area contributed by atoms with Crippen LogP contribution in [0, 0.1) is 5.82 Å². The lowest BCUT2D eigenvalue weighted by Crippen LogP contribution is -2.02. The largest absolute Gasteiger partial charge is 0.490 e. The number of anilines is 1. The van der Waals surface area contributed by atoms with E-state index in [2.05, 4.69) is 0 Å². The predicted octanol–water partition coefficient (Wildman–Crippen LogP) is 3.39. The summed E-state index contributed by atoms with van der Waals surface area (Å²) in [4.78, 5) is 0. The molecular formula is C15H16FNO2. The third kappa shape index (κ3) is 3.37. The van der Waals surface area contributed by atoms with Gasteiger partial charge in [0.15, 0.2) is 11.5 Å². The highest BCUT2D eigenvalue weighted by Gasteiger charge is 2.06. The predicted molar refractivity (Wildman–Crippen MR) is 72.8 cm³/mol. The number of hydrogen-bond acceptors (Lipinski definition) is 3. The van der Waals surface area contributed by atoms with Crippen molar-refractivity contribution < 1.29 is 13.9 Å². The monoisotopic (exact) mass is 261 g/mol. The highest BCUT2D eigenvalue weighted by Crippen LogP contribution is 2.27. The topological polar surface area (TPSA) is 44.5 Å². The number of nitrogen functional groups attached to an aromatic ring is 1. The van der Waals surface area contributed by atoms with Gasteiger partial charge >= 0.3 is 0 Å². The Labute approximate surface area is 111 Å². The maximum atomic E-state index is 12.9. The van der Waals surface area contributed by atoms with E-state index in [1.54, 1.807) is 6.07 Å². The molecule has 0 radical (unpaired) electrons. The molecule has 100 valence electrons. The Morgan fingerprint density at radius 1 is 1.05 bits per heavy atom. The summed E-state index contributed by atoms with van der Waals surface area (Å²) in [5, 5.41) is 0. The highest BCUT2D eigenvalue weighted by molar-refractivity contribution is 5.47. The van der Waals surface area contributed by atoms with E-state index in [9.17, 15) is 4.39 Å². The molecule has 0 heterocycles. The van der Waals surface area contributed by atoms with Crippen molar-refractivity contribution in [3.63, 3.8) is 0 Å². The van der Waals surface area contributed by atoms with Crippen LogP contribution in [0.1, 0.15) is 12.5 Å². The van der Waals surface area contributed by atoms with Crippen LogP contribution in [-0.4, -0.2) is 6.61 Å². The van der Waals surface area contributed by atoms with Crippen LogP contribution in [0.2, 0.25) is 0 Å². The third-order valence-electron chi connectivity index (χ3n) is 2.64.